The molecule has 30 heavy (non-hydrogen) atoms. The minimum absolute atomic E-state index is 0.00948. The first-order valence-electron chi connectivity index (χ1n) is 10.0. The van der Waals surface area contributed by atoms with E-state index in [1.54, 1.807) is 39.3 Å². The van der Waals surface area contributed by atoms with E-state index in [-0.39, 0.29) is 42.7 Å². The van der Waals surface area contributed by atoms with Gasteiger partial charge in [-0.1, -0.05) is 19.9 Å². The number of nitrogens with zero attached hydrogens (tertiary/aromatic N) is 2. The SMILES string of the molecule is C=CCN(CC(=O)N1CCc2sccc2[C@@H]1COc1ccc(F)cc1)C(=O)C(C)C. The molecule has 0 bridgehead atoms. The number of hydrogen-bond donors (Lipinski definition) is 0. The molecule has 0 aliphatic carbocycles. The Balaban J connectivity index is 1.77. The summed E-state index contributed by atoms with van der Waals surface area (Å²) in [6, 6.07) is 7.62. The van der Waals surface area contributed by atoms with Crippen LogP contribution in [-0.2, 0) is 16.0 Å². The Bertz CT molecular complexity index is 894. The molecule has 1 aliphatic rings. The fourth-order valence-electron chi connectivity index (χ4n) is 3.59. The van der Waals surface area contributed by atoms with Crippen molar-refractivity contribution < 1.29 is 18.7 Å². The van der Waals surface area contributed by atoms with Crippen LogP contribution in [0.1, 0.15) is 30.3 Å². The Morgan fingerprint density at radius 1 is 1.33 bits per heavy atom. The second-order valence-electron chi connectivity index (χ2n) is 7.58. The van der Waals surface area contributed by atoms with Gasteiger partial charge in [-0.05, 0) is 47.7 Å². The van der Waals surface area contributed by atoms with Gasteiger partial charge in [-0.3, -0.25) is 9.59 Å². The molecule has 0 radical (unpaired) electrons. The maximum absolute atomic E-state index is 13.2. The van der Waals surface area contributed by atoms with Crippen molar-refractivity contribution in [2.45, 2.75) is 26.3 Å². The predicted octanol–water partition coefficient (Wildman–Crippen LogP) is 4.06. The summed E-state index contributed by atoms with van der Waals surface area (Å²) < 4.78 is 19.1. The molecule has 2 amide bonds. The van der Waals surface area contributed by atoms with Gasteiger partial charge < -0.3 is 14.5 Å². The smallest absolute Gasteiger partial charge is 0.242 e. The zero-order valence-corrected chi connectivity index (χ0v) is 18.2. The van der Waals surface area contributed by atoms with Crippen LogP contribution in [0.4, 0.5) is 4.39 Å². The normalized spacial score (nSPS) is 15.6. The summed E-state index contributed by atoms with van der Waals surface area (Å²) in [7, 11) is 0. The van der Waals surface area contributed by atoms with Crippen LogP contribution < -0.4 is 4.74 Å². The maximum Gasteiger partial charge on any atom is 0.242 e. The van der Waals surface area contributed by atoms with Crippen molar-refractivity contribution >= 4 is 23.2 Å². The third-order valence-corrected chi connectivity index (χ3v) is 6.11. The number of halogens is 1. The van der Waals surface area contributed by atoms with Gasteiger partial charge in [0, 0.05) is 23.9 Å². The lowest BCUT2D eigenvalue weighted by molar-refractivity contribution is -0.143. The third-order valence-electron chi connectivity index (χ3n) is 5.12. The Morgan fingerprint density at radius 2 is 2.07 bits per heavy atom. The second-order valence-corrected chi connectivity index (χ2v) is 8.58. The Hall–Kier alpha value is -2.67. The van der Waals surface area contributed by atoms with E-state index in [0.717, 1.165) is 12.0 Å². The van der Waals surface area contributed by atoms with Gasteiger partial charge in [0.2, 0.25) is 11.8 Å². The largest absolute Gasteiger partial charge is 0.491 e. The van der Waals surface area contributed by atoms with E-state index in [1.165, 1.54) is 17.0 Å². The van der Waals surface area contributed by atoms with Crippen LogP contribution in [0.25, 0.3) is 0 Å². The van der Waals surface area contributed by atoms with Crippen LogP contribution in [-0.4, -0.2) is 47.9 Å². The van der Waals surface area contributed by atoms with Crippen molar-refractivity contribution in [1.82, 2.24) is 9.80 Å². The van der Waals surface area contributed by atoms with Crippen LogP contribution in [0.5, 0.6) is 5.75 Å². The Kier molecular flexibility index (Phi) is 7.26. The van der Waals surface area contributed by atoms with E-state index in [1.807, 2.05) is 25.3 Å². The minimum Gasteiger partial charge on any atom is -0.491 e. The van der Waals surface area contributed by atoms with Gasteiger partial charge >= 0.3 is 0 Å². The molecule has 0 saturated carbocycles. The number of hydrogen-bond acceptors (Lipinski definition) is 4. The van der Waals surface area contributed by atoms with Gasteiger partial charge in [-0.25, -0.2) is 4.39 Å². The third kappa shape index (κ3) is 5.08. The van der Waals surface area contributed by atoms with Crippen molar-refractivity contribution in [3.05, 3.63) is 64.6 Å². The lowest BCUT2D eigenvalue weighted by Crippen LogP contribution is -2.48. The summed E-state index contributed by atoms with van der Waals surface area (Å²) in [5, 5.41) is 2.02. The summed E-state index contributed by atoms with van der Waals surface area (Å²) in [4.78, 5) is 30.3. The molecule has 3 rings (SSSR count). The van der Waals surface area contributed by atoms with E-state index in [0.29, 0.717) is 18.8 Å². The molecule has 0 N–H and O–H groups in total. The van der Waals surface area contributed by atoms with Crippen molar-refractivity contribution in [3.63, 3.8) is 0 Å². The molecule has 0 unspecified atom stereocenters. The standard InChI is InChI=1S/C23H27FN2O3S/c1-4-11-25(23(28)16(2)3)14-22(27)26-12-9-21-19(10-13-30-21)20(26)15-29-18-7-5-17(24)6-8-18/h4-8,10,13,16,20H,1,9,11-12,14-15H2,2-3H3/t20-/m0/s1. The van der Waals surface area contributed by atoms with Crippen LogP contribution in [0.3, 0.4) is 0 Å². The predicted molar refractivity (Wildman–Crippen MR) is 116 cm³/mol. The highest BCUT2D eigenvalue weighted by molar-refractivity contribution is 7.10. The topological polar surface area (TPSA) is 49.9 Å². The average Bonchev–Trinajstić information content (AvgIpc) is 3.21. The molecular weight excluding hydrogens is 403 g/mol. The molecule has 2 aromatic rings. The lowest BCUT2D eigenvalue weighted by atomic mass is 10.0. The molecule has 1 atom stereocenters. The van der Waals surface area contributed by atoms with Crippen molar-refractivity contribution in [3.8, 4) is 5.75 Å². The first-order chi connectivity index (χ1) is 14.4. The summed E-state index contributed by atoms with van der Waals surface area (Å²) in [5.41, 5.74) is 1.08. The zero-order valence-electron chi connectivity index (χ0n) is 17.3. The molecular formula is C23H27FN2O3S. The number of benzene rings is 1. The van der Waals surface area contributed by atoms with Crippen LogP contribution in [0.15, 0.2) is 48.4 Å². The molecule has 160 valence electrons. The number of rotatable bonds is 8. The van der Waals surface area contributed by atoms with Gasteiger partial charge in [0.15, 0.2) is 0 Å². The Morgan fingerprint density at radius 3 is 2.73 bits per heavy atom. The van der Waals surface area contributed by atoms with Crippen molar-refractivity contribution in [1.29, 1.82) is 0 Å². The quantitative estimate of drug-likeness (QED) is 0.594. The summed E-state index contributed by atoms with van der Waals surface area (Å²) in [6.45, 7) is 8.52. The van der Waals surface area contributed by atoms with E-state index in [2.05, 4.69) is 6.58 Å². The number of fused-ring (bicyclic) bond motifs is 1. The number of carbonyl (C=O) groups excluding carboxylic acids is 2. The van der Waals surface area contributed by atoms with Gasteiger partial charge in [-0.2, -0.15) is 0 Å². The molecule has 5 nitrogen and oxygen atoms in total. The van der Waals surface area contributed by atoms with Crippen LogP contribution in [0, 0.1) is 11.7 Å². The molecule has 0 saturated heterocycles. The highest BCUT2D eigenvalue weighted by Crippen LogP contribution is 2.34. The lowest BCUT2D eigenvalue weighted by Gasteiger charge is -2.37. The minimum atomic E-state index is -0.325. The highest BCUT2D eigenvalue weighted by atomic mass is 32.1. The zero-order chi connectivity index (χ0) is 21.7. The monoisotopic (exact) mass is 430 g/mol. The average molecular weight is 431 g/mol. The van der Waals surface area contributed by atoms with Gasteiger partial charge in [0.05, 0.1) is 6.04 Å². The van der Waals surface area contributed by atoms with E-state index in [9.17, 15) is 14.0 Å². The maximum atomic E-state index is 13.2. The molecule has 1 aliphatic heterocycles. The summed E-state index contributed by atoms with van der Waals surface area (Å²) >= 11 is 1.68. The van der Waals surface area contributed by atoms with E-state index >= 15 is 0 Å². The van der Waals surface area contributed by atoms with E-state index in [4.69, 9.17) is 4.74 Å². The van der Waals surface area contributed by atoms with Crippen LogP contribution in [0.2, 0.25) is 0 Å². The van der Waals surface area contributed by atoms with Crippen molar-refractivity contribution in [2.75, 3.05) is 26.2 Å². The first kappa shape index (κ1) is 22.0. The molecule has 0 spiro atoms. The fourth-order valence-corrected chi connectivity index (χ4v) is 4.52. The fraction of sp³-hybridized carbons (Fsp3) is 0.391. The first-order valence-corrected chi connectivity index (χ1v) is 10.9. The van der Waals surface area contributed by atoms with E-state index < -0.39 is 0 Å². The number of ether oxygens (including phenoxy) is 1. The van der Waals surface area contributed by atoms with Gasteiger partial charge in [0.1, 0.15) is 24.7 Å². The van der Waals surface area contributed by atoms with Crippen LogP contribution >= 0.6 is 11.3 Å². The van der Waals surface area contributed by atoms with Gasteiger partial charge in [0.25, 0.3) is 0 Å². The summed E-state index contributed by atoms with van der Waals surface area (Å²) in [6.07, 6.45) is 2.42. The number of carbonyl (C=O) groups is 2. The number of amides is 2. The highest BCUT2D eigenvalue weighted by Gasteiger charge is 2.33. The molecule has 7 heteroatoms. The molecule has 2 heterocycles. The second kappa shape index (κ2) is 9.89. The number of thiophene rings is 1. The summed E-state index contributed by atoms with van der Waals surface area (Å²) in [5.74, 6) is -0.158. The van der Waals surface area contributed by atoms with Crippen molar-refractivity contribution in [2.24, 2.45) is 5.92 Å². The Labute approximate surface area is 180 Å². The molecule has 1 aromatic carbocycles. The van der Waals surface area contributed by atoms with Gasteiger partial charge in [-0.15, -0.1) is 17.9 Å². The molecule has 0 fully saturated rings. The molecule has 1 aromatic heterocycles.